The first kappa shape index (κ1) is 32.9. The number of nitrogens with zero attached hydrogens (tertiary/aromatic N) is 4. The van der Waals surface area contributed by atoms with Gasteiger partial charge in [0, 0.05) is 46.3 Å². The fraction of sp³-hybridized carbons (Fsp3) is 0.364. The zero-order chi connectivity index (χ0) is 34.2. The number of hydrogen-bond acceptors (Lipinski definition) is 3. The average molecular weight is 651 g/mol. The Morgan fingerprint density at radius 2 is 1.71 bits per heavy atom. The monoisotopic (exact) mass is 650 g/mol. The molecule has 5 nitrogen and oxygen atoms in total. The number of benzene rings is 3. The fourth-order valence-corrected chi connectivity index (χ4v) is 7.94. The zero-order valence-electron chi connectivity index (χ0n) is 30.3. The lowest BCUT2D eigenvalue weighted by atomic mass is 9.75. The number of pyridine rings is 1. The standard InChI is InChI=1S/C44H50N4O/c1-8-10-17-40-44(43-29(5)14-13-15-30(43)6)31(7)46-48(40)34-24-33(28(3)4)25-36(26-34)49-35-19-20-38-37-16-11-12-18-39(37)47(41(38)27-35)42-23-32(9-2)21-22-45-42/h11-12,14,16,18-28,30,43H,8-10,13,15,17H2,1-7H3/t30?,43-/m0/s1. The highest BCUT2D eigenvalue weighted by Gasteiger charge is 2.31. The largest absolute Gasteiger partial charge is 0.457 e. The van der Waals surface area contributed by atoms with E-state index in [0.29, 0.717) is 17.8 Å². The predicted octanol–water partition coefficient (Wildman–Crippen LogP) is 12.0. The van der Waals surface area contributed by atoms with E-state index < -0.39 is 0 Å². The Kier molecular flexibility index (Phi) is 9.19. The molecular weight excluding hydrogens is 601 g/mol. The molecule has 0 bridgehead atoms. The van der Waals surface area contributed by atoms with Crippen LogP contribution < -0.4 is 4.74 Å². The molecule has 0 spiro atoms. The molecule has 0 radical (unpaired) electrons. The minimum atomic E-state index is 0.336. The van der Waals surface area contributed by atoms with E-state index in [1.807, 2.05) is 6.20 Å². The number of unbranched alkanes of at least 4 members (excludes halogenated alkanes) is 1. The van der Waals surface area contributed by atoms with Crippen molar-refractivity contribution in [2.24, 2.45) is 5.92 Å². The molecule has 0 fully saturated rings. The van der Waals surface area contributed by atoms with Crippen LogP contribution in [-0.2, 0) is 12.8 Å². The molecule has 7 rings (SSSR count). The molecule has 252 valence electrons. The summed E-state index contributed by atoms with van der Waals surface area (Å²) >= 11 is 0. The summed E-state index contributed by atoms with van der Waals surface area (Å²) in [5, 5.41) is 7.67. The Hall–Kier alpha value is -4.64. The van der Waals surface area contributed by atoms with Crippen LogP contribution in [0.2, 0.25) is 0 Å². The summed E-state index contributed by atoms with van der Waals surface area (Å²) in [7, 11) is 0. The Morgan fingerprint density at radius 3 is 2.49 bits per heavy atom. The van der Waals surface area contributed by atoms with Crippen LogP contribution in [0.1, 0.15) is 107 Å². The molecule has 3 aromatic carbocycles. The molecule has 3 heterocycles. The molecule has 1 aliphatic carbocycles. The van der Waals surface area contributed by atoms with Crippen molar-refractivity contribution in [3.63, 3.8) is 0 Å². The van der Waals surface area contributed by atoms with E-state index in [9.17, 15) is 0 Å². The van der Waals surface area contributed by atoms with Crippen LogP contribution in [0.15, 0.2) is 90.6 Å². The van der Waals surface area contributed by atoms with Crippen LogP contribution in [-0.4, -0.2) is 19.3 Å². The van der Waals surface area contributed by atoms with Crippen LogP contribution >= 0.6 is 0 Å². The second kappa shape index (κ2) is 13.7. The number of aromatic nitrogens is 4. The van der Waals surface area contributed by atoms with Gasteiger partial charge in [0.2, 0.25) is 0 Å². The van der Waals surface area contributed by atoms with E-state index in [0.717, 1.165) is 65.4 Å². The van der Waals surface area contributed by atoms with Gasteiger partial charge in [0.05, 0.1) is 22.4 Å². The molecule has 5 heteroatoms. The highest BCUT2D eigenvalue weighted by Crippen LogP contribution is 2.43. The van der Waals surface area contributed by atoms with Gasteiger partial charge in [-0.1, -0.05) is 70.9 Å². The second-order valence-electron chi connectivity index (χ2n) is 14.4. The Bertz CT molecular complexity index is 2160. The van der Waals surface area contributed by atoms with E-state index in [1.165, 1.54) is 51.6 Å². The van der Waals surface area contributed by atoms with Crippen molar-refractivity contribution in [3.8, 4) is 23.0 Å². The first-order valence-corrected chi connectivity index (χ1v) is 18.3. The number of fused-ring (bicyclic) bond motifs is 3. The van der Waals surface area contributed by atoms with Gasteiger partial charge in [-0.15, -0.1) is 0 Å². The summed E-state index contributed by atoms with van der Waals surface area (Å²) in [6, 6.07) is 26.0. The van der Waals surface area contributed by atoms with Gasteiger partial charge in [0.25, 0.3) is 0 Å². The molecular formula is C44H50N4O. The maximum atomic E-state index is 6.80. The summed E-state index contributed by atoms with van der Waals surface area (Å²) in [6.07, 6.45) is 11.0. The van der Waals surface area contributed by atoms with Gasteiger partial charge in [-0.05, 0) is 111 Å². The second-order valence-corrected chi connectivity index (χ2v) is 14.4. The van der Waals surface area contributed by atoms with Crippen LogP contribution in [0.25, 0.3) is 33.3 Å². The normalized spacial score (nSPS) is 16.5. The van der Waals surface area contributed by atoms with E-state index in [4.69, 9.17) is 14.8 Å². The zero-order valence-corrected chi connectivity index (χ0v) is 30.3. The first-order chi connectivity index (χ1) is 23.8. The SMILES string of the molecule is CCCCc1c([C@H]2C(C)=CCCC2C)c(C)nn1-c1cc(Oc2ccc3c4ccccc4n(-c4cc(CC)ccn4)c3c2)cc(C(C)C)c1. The lowest BCUT2D eigenvalue weighted by Gasteiger charge is -2.30. The van der Waals surface area contributed by atoms with Crippen molar-refractivity contribution in [1.82, 2.24) is 19.3 Å². The van der Waals surface area contributed by atoms with E-state index in [1.54, 1.807) is 0 Å². The Morgan fingerprint density at radius 1 is 0.898 bits per heavy atom. The smallest absolute Gasteiger partial charge is 0.137 e. The molecule has 0 amide bonds. The lowest BCUT2D eigenvalue weighted by molar-refractivity contribution is 0.446. The predicted molar refractivity (Wildman–Crippen MR) is 204 cm³/mol. The summed E-state index contributed by atoms with van der Waals surface area (Å²) < 4.78 is 11.3. The first-order valence-electron chi connectivity index (χ1n) is 18.3. The molecule has 2 atom stereocenters. The summed E-state index contributed by atoms with van der Waals surface area (Å²) in [6.45, 7) is 15.9. The third-order valence-corrected chi connectivity index (χ3v) is 10.6. The van der Waals surface area contributed by atoms with Gasteiger partial charge in [0.15, 0.2) is 0 Å². The third kappa shape index (κ3) is 6.20. The van der Waals surface area contributed by atoms with Crippen molar-refractivity contribution >= 4 is 21.8 Å². The molecule has 1 aliphatic rings. The quantitative estimate of drug-likeness (QED) is 0.139. The van der Waals surface area contributed by atoms with E-state index in [-0.39, 0.29) is 0 Å². The molecule has 1 unspecified atom stereocenters. The van der Waals surface area contributed by atoms with Gasteiger partial charge in [-0.25, -0.2) is 9.67 Å². The van der Waals surface area contributed by atoms with Crippen LogP contribution in [0.3, 0.4) is 0 Å². The maximum Gasteiger partial charge on any atom is 0.137 e. The molecule has 6 aromatic rings. The molecule has 3 aromatic heterocycles. The van der Waals surface area contributed by atoms with Crippen LogP contribution in [0, 0.1) is 12.8 Å². The van der Waals surface area contributed by atoms with Crippen molar-refractivity contribution < 1.29 is 4.74 Å². The highest BCUT2D eigenvalue weighted by atomic mass is 16.5. The molecule has 0 N–H and O–H groups in total. The van der Waals surface area contributed by atoms with Crippen molar-refractivity contribution in [2.75, 3.05) is 0 Å². The number of hydrogen-bond donors (Lipinski definition) is 0. The van der Waals surface area contributed by atoms with Crippen LogP contribution in [0.5, 0.6) is 11.5 Å². The van der Waals surface area contributed by atoms with Gasteiger partial charge in [-0.3, -0.25) is 4.57 Å². The minimum Gasteiger partial charge on any atom is -0.457 e. The number of allylic oxidation sites excluding steroid dienone is 2. The highest BCUT2D eigenvalue weighted by molar-refractivity contribution is 6.09. The van der Waals surface area contributed by atoms with Gasteiger partial charge in [-0.2, -0.15) is 5.10 Å². The number of rotatable bonds is 10. The lowest BCUT2D eigenvalue weighted by Crippen LogP contribution is -2.17. The van der Waals surface area contributed by atoms with Gasteiger partial charge >= 0.3 is 0 Å². The molecule has 0 saturated carbocycles. The molecule has 49 heavy (non-hydrogen) atoms. The van der Waals surface area contributed by atoms with Crippen molar-refractivity contribution in [2.45, 2.75) is 98.8 Å². The van der Waals surface area contributed by atoms with E-state index >= 15 is 0 Å². The Labute approximate surface area is 291 Å². The summed E-state index contributed by atoms with van der Waals surface area (Å²) in [4.78, 5) is 4.81. The van der Waals surface area contributed by atoms with Gasteiger partial charge in [0.1, 0.15) is 17.3 Å². The summed E-state index contributed by atoms with van der Waals surface area (Å²) in [5.74, 6) is 3.91. The number of aryl methyl sites for hydroxylation is 2. The minimum absolute atomic E-state index is 0.336. The van der Waals surface area contributed by atoms with Gasteiger partial charge < -0.3 is 4.74 Å². The average Bonchev–Trinajstić information content (AvgIpc) is 3.60. The van der Waals surface area contributed by atoms with Crippen molar-refractivity contribution in [3.05, 3.63) is 119 Å². The Balaban J connectivity index is 1.34. The van der Waals surface area contributed by atoms with Crippen LogP contribution in [0.4, 0.5) is 0 Å². The molecule has 0 saturated heterocycles. The van der Waals surface area contributed by atoms with E-state index in [2.05, 4.69) is 137 Å². The summed E-state index contributed by atoms with van der Waals surface area (Å²) in [5.41, 5.74) is 11.2. The molecule has 0 aliphatic heterocycles. The fourth-order valence-electron chi connectivity index (χ4n) is 7.94. The van der Waals surface area contributed by atoms with Crippen molar-refractivity contribution in [1.29, 1.82) is 0 Å². The number of para-hydroxylation sites is 1. The topological polar surface area (TPSA) is 44.9 Å². The maximum absolute atomic E-state index is 6.80. The number of ether oxygens (including phenoxy) is 1. The third-order valence-electron chi connectivity index (χ3n) is 10.6.